The van der Waals surface area contributed by atoms with Crippen molar-refractivity contribution in [2.45, 2.75) is 38.4 Å². The van der Waals surface area contributed by atoms with Crippen molar-refractivity contribution in [2.24, 2.45) is 0 Å². The number of nitrogen functional groups attached to an aromatic ring is 1. The smallest absolute Gasteiger partial charge is 0.151 e. The first-order chi connectivity index (χ1) is 10.0. The highest BCUT2D eigenvalue weighted by molar-refractivity contribution is 5.62. The monoisotopic (exact) mass is 290 g/mol. The zero-order valence-electron chi connectivity index (χ0n) is 13.1. The molecule has 0 radical (unpaired) electrons. The third-order valence-electron chi connectivity index (χ3n) is 4.50. The number of hydrogen-bond acceptors (Lipinski definition) is 5. The zero-order chi connectivity index (χ0) is 14.9. The van der Waals surface area contributed by atoms with Crippen LogP contribution in [0.15, 0.2) is 18.3 Å². The molecule has 2 aliphatic heterocycles. The fraction of sp³-hybridized carbons (Fsp3) is 0.688. The summed E-state index contributed by atoms with van der Waals surface area (Å²) in [6, 6.07) is 3.80. The maximum atomic E-state index is 6.09. The molecule has 0 bridgehead atoms. The van der Waals surface area contributed by atoms with Crippen molar-refractivity contribution in [3.63, 3.8) is 0 Å². The second-order valence-corrected chi connectivity index (χ2v) is 6.74. The maximum Gasteiger partial charge on any atom is 0.151 e. The Labute approximate surface area is 127 Å². The number of ether oxygens (including phenoxy) is 1. The molecule has 1 aromatic heterocycles. The van der Waals surface area contributed by atoms with Crippen LogP contribution in [0, 0.1) is 0 Å². The summed E-state index contributed by atoms with van der Waals surface area (Å²) in [7, 11) is 0. The van der Waals surface area contributed by atoms with Gasteiger partial charge in [-0.1, -0.05) is 0 Å². The molecule has 0 spiro atoms. The fourth-order valence-corrected chi connectivity index (χ4v) is 3.31. The minimum atomic E-state index is 0.0644. The Balaban J connectivity index is 1.51. The Morgan fingerprint density at radius 1 is 1.33 bits per heavy atom. The summed E-state index contributed by atoms with van der Waals surface area (Å²) in [6.45, 7) is 9.50. The first-order valence-corrected chi connectivity index (χ1v) is 7.89. The van der Waals surface area contributed by atoms with E-state index < -0.39 is 0 Å². The lowest BCUT2D eigenvalue weighted by atomic mass is 10.1. The lowest BCUT2D eigenvalue weighted by molar-refractivity contribution is -0.0291. The molecule has 21 heavy (non-hydrogen) atoms. The average molecular weight is 290 g/mol. The average Bonchev–Trinajstić information content (AvgIpc) is 2.80. The predicted molar refractivity (Wildman–Crippen MR) is 85.5 cm³/mol. The lowest BCUT2D eigenvalue weighted by Crippen LogP contribution is -2.49. The lowest BCUT2D eigenvalue weighted by Gasteiger charge is -2.37. The van der Waals surface area contributed by atoms with Crippen LogP contribution in [-0.4, -0.2) is 54.3 Å². The third-order valence-corrected chi connectivity index (χ3v) is 4.50. The molecule has 0 amide bonds. The number of aromatic nitrogens is 1. The van der Waals surface area contributed by atoms with Crippen molar-refractivity contribution in [3.05, 3.63) is 18.3 Å². The summed E-state index contributed by atoms with van der Waals surface area (Å²) in [4.78, 5) is 9.19. The van der Waals surface area contributed by atoms with Crippen molar-refractivity contribution < 1.29 is 4.74 Å². The van der Waals surface area contributed by atoms with Crippen molar-refractivity contribution in [2.75, 3.05) is 43.4 Å². The van der Waals surface area contributed by atoms with Gasteiger partial charge in [-0.3, -0.25) is 4.90 Å². The van der Waals surface area contributed by atoms with Gasteiger partial charge < -0.3 is 15.4 Å². The quantitative estimate of drug-likeness (QED) is 0.919. The van der Waals surface area contributed by atoms with Crippen molar-refractivity contribution in [3.8, 4) is 0 Å². The second kappa shape index (κ2) is 5.81. The predicted octanol–water partition coefficient (Wildman–Crippen LogP) is 1.74. The maximum absolute atomic E-state index is 6.09. The molecule has 2 N–H and O–H groups in total. The first-order valence-electron chi connectivity index (χ1n) is 7.89. The van der Waals surface area contributed by atoms with Gasteiger partial charge in [-0.25, -0.2) is 4.98 Å². The van der Waals surface area contributed by atoms with Crippen LogP contribution in [0.25, 0.3) is 0 Å². The van der Waals surface area contributed by atoms with Gasteiger partial charge in [0.05, 0.1) is 17.4 Å². The topological polar surface area (TPSA) is 54.6 Å². The summed E-state index contributed by atoms with van der Waals surface area (Å²) in [5.41, 5.74) is 6.84. The molecule has 3 rings (SSSR count). The van der Waals surface area contributed by atoms with Crippen LogP contribution >= 0.6 is 0 Å². The van der Waals surface area contributed by atoms with Crippen molar-refractivity contribution in [1.29, 1.82) is 0 Å². The summed E-state index contributed by atoms with van der Waals surface area (Å²) in [5, 5.41) is 0. The molecule has 2 fully saturated rings. The van der Waals surface area contributed by atoms with E-state index in [1.54, 1.807) is 0 Å². The molecular weight excluding hydrogens is 264 g/mol. The van der Waals surface area contributed by atoms with E-state index in [1.165, 1.54) is 12.8 Å². The number of piperazine rings is 1. The first kappa shape index (κ1) is 14.6. The summed E-state index contributed by atoms with van der Waals surface area (Å²) >= 11 is 0. The molecular formula is C16H26N4O. The van der Waals surface area contributed by atoms with E-state index in [0.717, 1.165) is 44.2 Å². The van der Waals surface area contributed by atoms with Crippen LogP contribution in [0.2, 0.25) is 0 Å². The fourth-order valence-electron chi connectivity index (χ4n) is 3.31. The van der Waals surface area contributed by atoms with Crippen LogP contribution in [0.4, 0.5) is 11.5 Å². The Morgan fingerprint density at radius 3 is 2.71 bits per heavy atom. The van der Waals surface area contributed by atoms with Gasteiger partial charge in [-0.05, 0) is 38.8 Å². The highest BCUT2D eigenvalue weighted by atomic mass is 16.5. The minimum absolute atomic E-state index is 0.0644. The van der Waals surface area contributed by atoms with Crippen LogP contribution in [0.5, 0.6) is 0 Å². The van der Waals surface area contributed by atoms with Crippen molar-refractivity contribution in [1.82, 2.24) is 9.88 Å². The number of pyridine rings is 1. The van der Waals surface area contributed by atoms with Crippen LogP contribution in [0.3, 0.4) is 0 Å². The highest BCUT2D eigenvalue weighted by Crippen LogP contribution is 2.30. The number of nitrogens with zero attached hydrogens (tertiary/aromatic N) is 3. The normalized spacial score (nSPS) is 26.2. The highest BCUT2D eigenvalue weighted by Gasteiger charge is 2.33. The number of rotatable bonds is 3. The molecule has 5 nitrogen and oxygen atoms in total. The van der Waals surface area contributed by atoms with E-state index in [2.05, 4.69) is 28.6 Å². The molecule has 0 aliphatic carbocycles. The van der Waals surface area contributed by atoms with E-state index in [-0.39, 0.29) is 5.60 Å². The van der Waals surface area contributed by atoms with Gasteiger partial charge in [0.1, 0.15) is 0 Å². The van der Waals surface area contributed by atoms with E-state index in [9.17, 15) is 0 Å². The van der Waals surface area contributed by atoms with Crippen molar-refractivity contribution >= 4 is 11.5 Å². The minimum Gasteiger partial charge on any atom is -0.396 e. The summed E-state index contributed by atoms with van der Waals surface area (Å²) in [6.07, 6.45) is 4.56. The summed E-state index contributed by atoms with van der Waals surface area (Å²) < 4.78 is 6.09. The molecule has 5 heteroatoms. The number of hydrogen-bond donors (Lipinski definition) is 1. The molecule has 2 aliphatic rings. The largest absolute Gasteiger partial charge is 0.396 e. The zero-order valence-corrected chi connectivity index (χ0v) is 13.1. The van der Waals surface area contributed by atoms with Crippen LogP contribution in [0.1, 0.15) is 26.7 Å². The van der Waals surface area contributed by atoms with Gasteiger partial charge >= 0.3 is 0 Å². The van der Waals surface area contributed by atoms with Gasteiger partial charge in [-0.15, -0.1) is 0 Å². The summed E-state index contributed by atoms with van der Waals surface area (Å²) in [5.74, 6) is 0.926. The SMILES string of the molecule is CC1(C)CCC(CN2CCN(c3ncccc3N)CC2)O1. The molecule has 1 aromatic rings. The third kappa shape index (κ3) is 3.47. The second-order valence-electron chi connectivity index (χ2n) is 6.74. The van der Waals surface area contributed by atoms with E-state index in [0.29, 0.717) is 6.10 Å². The molecule has 0 saturated carbocycles. The number of anilines is 2. The van der Waals surface area contributed by atoms with E-state index in [1.807, 2.05) is 18.3 Å². The molecule has 1 unspecified atom stereocenters. The van der Waals surface area contributed by atoms with Gasteiger partial charge in [0.15, 0.2) is 5.82 Å². The molecule has 3 heterocycles. The molecule has 0 aromatic carbocycles. The molecule has 1 atom stereocenters. The van der Waals surface area contributed by atoms with Crippen LogP contribution in [-0.2, 0) is 4.74 Å². The standard InChI is InChI=1S/C16H26N4O/c1-16(2)6-5-13(21-16)12-19-8-10-20(11-9-19)15-14(17)4-3-7-18-15/h3-4,7,13H,5-6,8-12,17H2,1-2H3. The molecule has 2 saturated heterocycles. The van der Waals surface area contributed by atoms with Gasteiger partial charge in [0, 0.05) is 38.9 Å². The van der Waals surface area contributed by atoms with Gasteiger partial charge in [0.2, 0.25) is 0 Å². The Bertz CT molecular complexity index is 483. The Kier molecular flexibility index (Phi) is 4.04. The van der Waals surface area contributed by atoms with Gasteiger partial charge in [-0.2, -0.15) is 0 Å². The van der Waals surface area contributed by atoms with E-state index >= 15 is 0 Å². The van der Waals surface area contributed by atoms with Crippen LogP contribution < -0.4 is 10.6 Å². The molecule has 116 valence electrons. The van der Waals surface area contributed by atoms with Gasteiger partial charge in [0.25, 0.3) is 0 Å². The van der Waals surface area contributed by atoms with E-state index in [4.69, 9.17) is 10.5 Å². The Hall–Kier alpha value is -1.33. The Morgan fingerprint density at radius 2 is 2.10 bits per heavy atom. The number of nitrogens with two attached hydrogens (primary N) is 1.